The SMILES string of the molecule is Cc1cc(S(=O)(=O)N2CCCN(C(=O)c3ccco3)CC2)c2ncccc2c1. The van der Waals surface area contributed by atoms with Gasteiger partial charge < -0.3 is 9.32 Å². The van der Waals surface area contributed by atoms with Gasteiger partial charge in [-0.25, -0.2) is 8.42 Å². The second-order valence-electron chi connectivity index (χ2n) is 6.87. The lowest BCUT2D eigenvalue weighted by molar-refractivity contribution is 0.0732. The van der Waals surface area contributed by atoms with Crippen molar-refractivity contribution < 1.29 is 17.6 Å². The van der Waals surface area contributed by atoms with Gasteiger partial charge in [-0.3, -0.25) is 9.78 Å². The first-order valence-corrected chi connectivity index (χ1v) is 10.6. The van der Waals surface area contributed by atoms with Crippen LogP contribution in [0.25, 0.3) is 10.9 Å². The average molecular weight is 399 g/mol. The normalized spacial score (nSPS) is 16.2. The van der Waals surface area contributed by atoms with E-state index in [-0.39, 0.29) is 23.1 Å². The number of hydrogen-bond acceptors (Lipinski definition) is 5. The molecule has 2 aromatic heterocycles. The minimum absolute atomic E-state index is 0.216. The molecule has 0 saturated carbocycles. The first kappa shape index (κ1) is 18.6. The molecule has 0 radical (unpaired) electrons. The number of carbonyl (C=O) groups excluding carboxylic acids is 1. The number of aryl methyl sites for hydroxylation is 1. The van der Waals surface area contributed by atoms with Gasteiger partial charge in [0, 0.05) is 37.8 Å². The molecule has 0 unspecified atom stereocenters. The van der Waals surface area contributed by atoms with Gasteiger partial charge in [-0.05, 0) is 49.2 Å². The number of pyridine rings is 1. The molecule has 1 amide bonds. The quantitative estimate of drug-likeness (QED) is 0.676. The number of aromatic nitrogens is 1. The number of carbonyl (C=O) groups is 1. The number of amides is 1. The zero-order chi connectivity index (χ0) is 19.7. The predicted molar refractivity (Wildman–Crippen MR) is 104 cm³/mol. The van der Waals surface area contributed by atoms with Crippen molar-refractivity contribution in [2.75, 3.05) is 26.2 Å². The molecule has 0 atom stereocenters. The molecule has 1 aliphatic heterocycles. The number of benzene rings is 1. The van der Waals surface area contributed by atoms with E-state index in [1.165, 1.54) is 10.6 Å². The van der Waals surface area contributed by atoms with Crippen molar-refractivity contribution in [3.63, 3.8) is 0 Å². The van der Waals surface area contributed by atoms with E-state index in [1.807, 2.05) is 19.1 Å². The fourth-order valence-electron chi connectivity index (χ4n) is 3.53. The Morgan fingerprint density at radius 2 is 1.96 bits per heavy atom. The van der Waals surface area contributed by atoms with E-state index >= 15 is 0 Å². The molecule has 1 fully saturated rings. The molecule has 0 aliphatic carbocycles. The minimum Gasteiger partial charge on any atom is -0.459 e. The van der Waals surface area contributed by atoms with Gasteiger partial charge in [0.15, 0.2) is 5.76 Å². The van der Waals surface area contributed by atoms with Gasteiger partial charge in [0.2, 0.25) is 10.0 Å². The summed E-state index contributed by atoms with van der Waals surface area (Å²) in [5.74, 6) is 0.0529. The number of fused-ring (bicyclic) bond motifs is 1. The number of rotatable bonds is 3. The maximum absolute atomic E-state index is 13.4. The van der Waals surface area contributed by atoms with Crippen LogP contribution >= 0.6 is 0 Å². The van der Waals surface area contributed by atoms with Crippen LogP contribution in [0.2, 0.25) is 0 Å². The number of nitrogens with zero attached hydrogens (tertiary/aromatic N) is 3. The standard InChI is InChI=1S/C20H21N3O4S/c1-15-13-16-5-2-7-21-19(16)18(14-15)28(25,26)23-9-4-8-22(10-11-23)20(24)17-6-3-12-27-17/h2-3,5-7,12-14H,4,8-11H2,1H3. The molecule has 0 bridgehead atoms. The van der Waals surface area contributed by atoms with Gasteiger partial charge in [0.05, 0.1) is 11.8 Å². The first-order valence-electron chi connectivity index (χ1n) is 9.15. The van der Waals surface area contributed by atoms with E-state index in [2.05, 4.69) is 4.98 Å². The summed E-state index contributed by atoms with van der Waals surface area (Å²) >= 11 is 0. The number of furan rings is 1. The van der Waals surface area contributed by atoms with Gasteiger partial charge in [-0.15, -0.1) is 0 Å². The molecule has 8 heteroatoms. The summed E-state index contributed by atoms with van der Waals surface area (Å²) in [6, 6.07) is 10.5. The number of hydrogen-bond donors (Lipinski definition) is 0. The largest absolute Gasteiger partial charge is 0.459 e. The minimum atomic E-state index is -3.73. The van der Waals surface area contributed by atoms with Crippen molar-refractivity contribution in [1.82, 2.24) is 14.2 Å². The zero-order valence-electron chi connectivity index (χ0n) is 15.5. The summed E-state index contributed by atoms with van der Waals surface area (Å²) in [5, 5.41) is 0.797. The Morgan fingerprint density at radius 1 is 1.11 bits per heavy atom. The molecule has 0 N–H and O–H groups in total. The van der Waals surface area contributed by atoms with Gasteiger partial charge in [-0.1, -0.05) is 6.07 Å². The van der Waals surface area contributed by atoms with E-state index in [4.69, 9.17) is 4.42 Å². The summed E-state index contributed by atoms with van der Waals surface area (Å²) in [6.45, 7) is 3.26. The Hall–Kier alpha value is -2.71. The molecule has 3 heterocycles. The average Bonchev–Trinajstić information content (AvgIpc) is 3.10. The Bertz CT molecular complexity index is 1110. The summed E-state index contributed by atoms with van der Waals surface area (Å²) in [7, 11) is -3.73. The summed E-state index contributed by atoms with van der Waals surface area (Å²) in [6.07, 6.45) is 3.61. The molecule has 1 aromatic carbocycles. The monoisotopic (exact) mass is 399 g/mol. The van der Waals surface area contributed by atoms with E-state index in [9.17, 15) is 13.2 Å². The van der Waals surface area contributed by atoms with Crippen LogP contribution in [0.4, 0.5) is 0 Å². The maximum Gasteiger partial charge on any atom is 0.289 e. The molecular weight excluding hydrogens is 378 g/mol. The second kappa shape index (κ2) is 7.37. The van der Waals surface area contributed by atoms with Crippen molar-refractivity contribution in [3.8, 4) is 0 Å². The van der Waals surface area contributed by atoms with Gasteiger partial charge in [-0.2, -0.15) is 4.31 Å². The molecule has 1 aliphatic rings. The lowest BCUT2D eigenvalue weighted by Gasteiger charge is -2.22. The van der Waals surface area contributed by atoms with Gasteiger partial charge in [0.1, 0.15) is 4.90 Å². The molecule has 7 nitrogen and oxygen atoms in total. The van der Waals surface area contributed by atoms with E-state index < -0.39 is 10.0 Å². The molecule has 3 aromatic rings. The van der Waals surface area contributed by atoms with Crippen LogP contribution in [-0.4, -0.2) is 54.7 Å². The molecule has 4 rings (SSSR count). The third-order valence-electron chi connectivity index (χ3n) is 4.91. The van der Waals surface area contributed by atoms with E-state index in [0.717, 1.165) is 10.9 Å². The molecule has 0 spiro atoms. The van der Waals surface area contributed by atoms with Crippen molar-refractivity contribution in [2.45, 2.75) is 18.2 Å². The van der Waals surface area contributed by atoms with Crippen LogP contribution in [0, 0.1) is 6.92 Å². The lowest BCUT2D eigenvalue weighted by atomic mass is 10.1. The van der Waals surface area contributed by atoms with Crippen molar-refractivity contribution >= 4 is 26.8 Å². The topological polar surface area (TPSA) is 83.7 Å². The third kappa shape index (κ3) is 3.41. The highest BCUT2D eigenvalue weighted by molar-refractivity contribution is 7.89. The third-order valence-corrected chi connectivity index (χ3v) is 6.82. The van der Waals surface area contributed by atoms with E-state index in [1.54, 1.807) is 35.4 Å². The Labute approximate surface area is 163 Å². The van der Waals surface area contributed by atoms with Gasteiger partial charge >= 0.3 is 0 Å². The van der Waals surface area contributed by atoms with Crippen LogP contribution in [-0.2, 0) is 10.0 Å². The van der Waals surface area contributed by atoms with Crippen LogP contribution in [0.3, 0.4) is 0 Å². The fourth-order valence-corrected chi connectivity index (χ4v) is 5.25. The first-order chi connectivity index (χ1) is 13.5. The fraction of sp³-hybridized carbons (Fsp3) is 0.300. The zero-order valence-corrected chi connectivity index (χ0v) is 16.4. The highest BCUT2D eigenvalue weighted by atomic mass is 32.2. The summed E-state index contributed by atoms with van der Waals surface area (Å²) < 4.78 is 33.4. The Morgan fingerprint density at radius 3 is 2.75 bits per heavy atom. The molecule has 28 heavy (non-hydrogen) atoms. The van der Waals surface area contributed by atoms with Crippen LogP contribution in [0.1, 0.15) is 22.5 Å². The maximum atomic E-state index is 13.4. The summed E-state index contributed by atoms with van der Waals surface area (Å²) in [5.41, 5.74) is 1.34. The van der Waals surface area contributed by atoms with Crippen molar-refractivity contribution in [3.05, 3.63) is 60.2 Å². The number of sulfonamides is 1. The Kier molecular flexibility index (Phi) is 4.91. The van der Waals surface area contributed by atoms with Crippen molar-refractivity contribution in [2.24, 2.45) is 0 Å². The lowest BCUT2D eigenvalue weighted by Crippen LogP contribution is -2.37. The molecule has 146 valence electrons. The van der Waals surface area contributed by atoms with E-state index in [0.29, 0.717) is 31.6 Å². The molecular formula is C20H21N3O4S. The second-order valence-corrected chi connectivity index (χ2v) is 8.77. The van der Waals surface area contributed by atoms with Crippen LogP contribution in [0.5, 0.6) is 0 Å². The highest BCUT2D eigenvalue weighted by Crippen LogP contribution is 2.26. The van der Waals surface area contributed by atoms with Crippen molar-refractivity contribution in [1.29, 1.82) is 0 Å². The highest BCUT2D eigenvalue weighted by Gasteiger charge is 2.30. The van der Waals surface area contributed by atoms with Crippen LogP contribution < -0.4 is 0 Å². The van der Waals surface area contributed by atoms with Crippen LogP contribution in [0.15, 0.2) is 58.2 Å². The molecule has 1 saturated heterocycles. The van der Waals surface area contributed by atoms with Gasteiger partial charge in [0.25, 0.3) is 5.91 Å². The summed E-state index contributed by atoms with van der Waals surface area (Å²) in [4.78, 5) is 18.7. The predicted octanol–water partition coefficient (Wildman–Crippen LogP) is 2.67. The smallest absolute Gasteiger partial charge is 0.289 e. The Balaban J connectivity index is 1.62.